The lowest BCUT2D eigenvalue weighted by molar-refractivity contribution is -0.116. The van der Waals surface area contributed by atoms with Gasteiger partial charge in [0.1, 0.15) is 0 Å². The zero-order valence-corrected chi connectivity index (χ0v) is 20.6. The van der Waals surface area contributed by atoms with Gasteiger partial charge in [0.15, 0.2) is 0 Å². The Balaban J connectivity index is 1.39. The molecule has 0 aliphatic heterocycles. The van der Waals surface area contributed by atoms with Crippen molar-refractivity contribution < 1.29 is 9.59 Å². The van der Waals surface area contributed by atoms with E-state index in [9.17, 15) is 9.59 Å². The molecule has 0 saturated heterocycles. The number of carbonyl (C=O) groups is 2. The smallest absolute Gasteiger partial charge is 0.253 e. The molecule has 0 saturated carbocycles. The van der Waals surface area contributed by atoms with Crippen LogP contribution in [-0.4, -0.2) is 16.4 Å². The van der Waals surface area contributed by atoms with Crippen molar-refractivity contribution >= 4 is 50.9 Å². The van der Waals surface area contributed by atoms with Crippen LogP contribution in [0.25, 0.3) is 21.8 Å². The Morgan fingerprint density at radius 1 is 0.833 bits per heavy atom. The summed E-state index contributed by atoms with van der Waals surface area (Å²) < 4.78 is 2.27. The fourth-order valence-electron chi connectivity index (χ4n) is 4.69. The third-order valence-corrected chi connectivity index (χ3v) is 6.72. The van der Waals surface area contributed by atoms with Crippen molar-refractivity contribution in [3.05, 3.63) is 113 Å². The van der Waals surface area contributed by atoms with Crippen LogP contribution in [0.1, 0.15) is 35.3 Å². The molecule has 5 aromatic rings. The Labute approximate surface area is 214 Å². The van der Waals surface area contributed by atoms with Crippen LogP contribution in [0.3, 0.4) is 0 Å². The summed E-state index contributed by atoms with van der Waals surface area (Å²) >= 11 is 6.22. The topological polar surface area (TPSA) is 63.1 Å². The van der Waals surface area contributed by atoms with E-state index in [4.69, 9.17) is 11.6 Å². The van der Waals surface area contributed by atoms with Gasteiger partial charge >= 0.3 is 0 Å². The van der Waals surface area contributed by atoms with Crippen LogP contribution < -0.4 is 10.6 Å². The van der Waals surface area contributed by atoms with Gasteiger partial charge in [-0.05, 0) is 48.9 Å². The van der Waals surface area contributed by atoms with E-state index >= 15 is 0 Å². The molecule has 0 fully saturated rings. The van der Waals surface area contributed by atoms with Crippen LogP contribution in [0.5, 0.6) is 0 Å². The second-order valence-electron chi connectivity index (χ2n) is 8.66. The third-order valence-electron chi connectivity index (χ3n) is 6.39. The number of benzene rings is 4. The van der Waals surface area contributed by atoms with Gasteiger partial charge in [-0.3, -0.25) is 9.59 Å². The first kappa shape index (κ1) is 23.6. The Bertz CT molecular complexity index is 1560. The fraction of sp³-hybridized carbons (Fsp3) is 0.133. The second kappa shape index (κ2) is 10.3. The van der Waals surface area contributed by atoms with Gasteiger partial charge in [0.05, 0.1) is 23.0 Å². The number of carbonyl (C=O) groups excluding carboxylic acids is 2. The van der Waals surface area contributed by atoms with E-state index in [1.165, 1.54) is 5.52 Å². The molecule has 1 atom stereocenters. The molecular formula is C30H26ClN3O2. The van der Waals surface area contributed by atoms with Crippen LogP contribution in [0, 0.1) is 0 Å². The standard InChI is InChI=1S/C30H26ClN3O2/c1-2-34-27-15-9-7-12-22(27)24-18-21(16-17-28(24)34)32-29(35)19-26(20-10-4-3-5-11-20)33-30(36)23-13-6-8-14-25(23)31/h3-18,26H,2,19H2,1H3,(H,32,35)(H,33,36)/t26-/m0/s1. The van der Waals surface area contributed by atoms with E-state index in [0.717, 1.165) is 34.1 Å². The van der Waals surface area contributed by atoms with Gasteiger partial charge in [-0.25, -0.2) is 0 Å². The number of aromatic nitrogens is 1. The SMILES string of the molecule is CCn1c2ccccc2c2cc(NC(=O)C[C@H](NC(=O)c3ccccc3Cl)c3ccccc3)ccc21. The molecule has 0 bridgehead atoms. The number of aryl methyl sites for hydroxylation is 1. The number of anilines is 1. The molecule has 6 heteroatoms. The van der Waals surface area contributed by atoms with E-state index in [2.05, 4.69) is 34.3 Å². The van der Waals surface area contributed by atoms with Gasteiger partial charge < -0.3 is 15.2 Å². The molecule has 0 unspecified atom stereocenters. The lowest BCUT2D eigenvalue weighted by atomic mass is 10.0. The quantitative estimate of drug-likeness (QED) is 0.256. The van der Waals surface area contributed by atoms with E-state index in [1.807, 2.05) is 60.7 Å². The van der Waals surface area contributed by atoms with Crippen molar-refractivity contribution in [1.82, 2.24) is 9.88 Å². The number of para-hydroxylation sites is 1. The second-order valence-corrected chi connectivity index (χ2v) is 9.07. The average molecular weight is 496 g/mol. The maximum Gasteiger partial charge on any atom is 0.253 e. The molecule has 36 heavy (non-hydrogen) atoms. The largest absolute Gasteiger partial charge is 0.345 e. The van der Waals surface area contributed by atoms with Gasteiger partial charge in [0.2, 0.25) is 5.91 Å². The maximum absolute atomic E-state index is 13.1. The zero-order chi connectivity index (χ0) is 25.1. The van der Waals surface area contributed by atoms with Crippen LogP contribution >= 0.6 is 11.6 Å². The minimum absolute atomic E-state index is 0.0783. The summed E-state index contributed by atoms with van der Waals surface area (Å²) in [6.45, 7) is 2.99. The predicted octanol–water partition coefficient (Wildman–Crippen LogP) is 6.97. The number of hydrogen-bond donors (Lipinski definition) is 2. The van der Waals surface area contributed by atoms with E-state index in [-0.39, 0.29) is 18.2 Å². The lowest BCUT2D eigenvalue weighted by Gasteiger charge is -2.19. The molecule has 0 aliphatic carbocycles. The first-order valence-electron chi connectivity index (χ1n) is 12.0. The lowest BCUT2D eigenvalue weighted by Crippen LogP contribution is -2.31. The molecular weight excluding hydrogens is 470 g/mol. The molecule has 4 aromatic carbocycles. The minimum atomic E-state index is -0.513. The number of fused-ring (bicyclic) bond motifs is 3. The molecule has 2 amide bonds. The van der Waals surface area contributed by atoms with E-state index in [1.54, 1.807) is 24.3 Å². The molecule has 5 nitrogen and oxygen atoms in total. The van der Waals surface area contributed by atoms with Gasteiger partial charge in [0, 0.05) is 34.0 Å². The summed E-state index contributed by atoms with van der Waals surface area (Å²) in [6, 6.07) is 30.1. The Morgan fingerprint density at radius 3 is 2.31 bits per heavy atom. The molecule has 0 radical (unpaired) electrons. The summed E-state index contributed by atoms with van der Waals surface area (Å²) in [7, 11) is 0. The highest BCUT2D eigenvalue weighted by Crippen LogP contribution is 2.31. The molecule has 0 aliphatic rings. The van der Waals surface area contributed by atoms with Crippen LogP contribution in [0.15, 0.2) is 97.1 Å². The highest BCUT2D eigenvalue weighted by molar-refractivity contribution is 6.33. The van der Waals surface area contributed by atoms with Crippen LogP contribution in [0.4, 0.5) is 5.69 Å². The highest BCUT2D eigenvalue weighted by Gasteiger charge is 2.21. The predicted molar refractivity (Wildman–Crippen MR) is 146 cm³/mol. The fourth-order valence-corrected chi connectivity index (χ4v) is 4.91. The monoisotopic (exact) mass is 495 g/mol. The summed E-state index contributed by atoms with van der Waals surface area (Å²) in [5.41, 5.74) is 4.24. The molecule has 5 rings (SSSR count). The normalized spacial score (nSPS) is 11.9. The number of halogens is 1. The number of hydrogen-bond acceptors (Lipinski definition) is 2. The molecule has 1 heterocycles. The Kier molecular flexibility index (Phi) is 6.74. The van der Waals surface area contributed by atoms with E-state index in [0.29, 0.717) is 10.6 Å². The molecule has 180 valence electrons. The third kappa shape index (κ3) is 4.70. The number of amides is 2. The summed E-state index contributed by atoms with van der Waals surface area (Å²) in [5.74, 6) is -0.516. The van der Waals surface area contributed by atoms with Gasteiger partial charge in [0.25, 0.3) is 5.91 Å². The molecule has 1 aromatic heterocycles. The van der Waals surface area contributed by atoms with Crippen molar-refractivity contribution in [3.8, 4) is 0 Å². The first-order valence-corrected chi connectivity index (χ1v) is 12.3. The molecule has 2 N–H and O–H groups in total. The summed E-state index contributed by atoms with van der Waals surface area (Å²) in [4.78, 5) is 26.1. The van der Waals surface area contributed by atoms with Gasteiger partial charge in [-0.1, -0.05) is 72.3 Å². The zero-order valence-electron chi connectivity index (χ0n) is 19.9. The number of nitrogens with zero attached hydrogens (tertiary/aromatic N) is 1. The van der Waals surface area contributed by atoms with Crippen molar-refractivity contribution in [2.45, 2.75) is 25.9 Å². The Hall–Kier alpha value is -4.09. The van der Waals surface area contributed by atoms with Gasteiger partial charge in [-0.15, -0.1) is 0 Å². The van der Waals surface area contributed by atoms with E-state index < -0.39 is 6.04 Å². The molecule has 0 spiro atoms. The number of rotatable bonds is 7. The first-order chi connectivity index (χ1) is 17.5. The van der Waals surface area contributed by atoms with Crippen molar-refractivity contribution in [3.63, 3.8) is 0 Å². The summed E-state index contributed by atoms with van der Waals surface area (Å²) in [5, 5.41) is 8.62. The average Bonchev–Trinajstić information content (AvgIpc) is 3.22. The maximum atomic E-state index is 13.1. The van der Waals surface area contributed by atoms with Crippen molar-refractivity contribution in [2.24, 2.45) is 0 Å². The van der Waals surface area contributed by atoms with Gasteiger partial charge in [-0.2, -0.15) is 0 Å². The Morgan fingerprint density at radius 2 is 1.53 bits per heavy atom. The minimum Gasteiger partial charge on any atom is -0.345 e. The van der Waals surface area contributed by atoms with Crippen LogP contribution in [0.2, 0.25) is 5.02 Å². The number of nitrogens with one attached hydrogen (secondary N) is 2. The van der Waals surface area contributed by atoms with Crippen molar-refractivity contribution in [1.29, 1.82) is 0 Å². The summed E-state index contributed by atoms with van der Waals surface area (Å²) in [6.07, 6.45) is 0.0783. The highest BCUT2D eigenvalue weighted by atomic mass is 35.5. The van der Waals surface area contributed by atoms with Crippen molar-refractivity contribution in [2.75, 3.05) is 5.32 Å². The van der Waals surface area contributed by atoms with Crippen LogP contribution in [-0.2, 0) is 11.3 Å².